The zero-order valence-corrected chi connectivity index (χ0v) is 10.2. The lowest BCUT2D eigenvalue weighted by Gasteiger charge is -2.25. The maximum atomic E-state index is 10.7. The Hall–Kier alpha value is -1.00. The van der Waals surface area contributed by atoms with E-state index in [1.807, 2.05) is 12.2 Å². The van der Waals surface area contributed by atoms with Crippen LogP contribution < -0.4 is 5.73 Å². The van der Waals surface area contributed by atoms with E-state index in [1.54, 1.807) is 14.0 Å². The first kappa shape index (κ1) is 13.1. The van der Waals surface area contributed by atoms with Gasteiger partial charge in [-0.05, 0) is 25.3 Å². The summed E-state index contributed by atoms with van der Waals surface area (Å²) in [5, 5.41) is 0.745. The molecule has 0 bridgehead atoms. The summed E-state index contributed by atoms with van der Waals surface area (Å²) in [6, 6.07) is 0. The Morgan fingerprint density at radius 3 is 2.81 bits per heavy atom. The van der Waals surface area contributed by atoms with E-state index in [1.165, 1.54) is 0 Å². The van der Waals surface area contributed by atoms with Crippen LogP contribution >= 0.6 is 11.6 Å². The van der Waals surface area contributed by atoms with Gasteiger partial charge in [0.2, 0.25) is 0 Å². The molecule has 0 aromatic carbocycles. The van der Waals surface area contributed by atoms with Crippen LogP contribution in [0.1, 0.15) is 19.8 Å². The second kappa shape index (κ2) is 5.92. The summed E-state index contributed by atoms with van der Waals surface area (Å²) in [6.07, 6.45) is 3.97. The number of hydrogen-bond donors (Lipinski definition) is 1. The number of amides is 1. The number of allylic oxidation sites excluding steroid dienone is 2. The quantitative estimate of drug-likeness (QED) is 0.827. The molecule has 0 aromatic heterocycles. The minimum absolute atomic E-state index is 0.378. The fourth-order valence-electron chi connectivity index (χ4n) is 1.72. The van der Waals surface area contributed by atoms with Gasteiger partial charge in [-0.15, -0.1) is 0 Å². The molecule has 4 nitrogen and oxygen atoms in total. The van der Waals surface area contributed by atoms with Crippen molar-refractivity contribution in [3.63, 3.8) is 0 Å². The van der Waals surface area contributed by atoms with E-state index < -0.39 is 12.2 Å². The van der Waals surface area contributed by atoms with Crippen molar-refractivity contribution in [3.05, 3.63) is 22.8 Å². The molecule has 1 amide bonds. The van der Waals surface area contributed by atoms with Gasteiger partial charge in [0, 0.05) is 12.1 Å². The Kier molecular flexibility index (Phi) is 4.83. The molecule has 0 saturated carbocycles. The Morgan fingerprint density at radius 2 is 2.31 bits per heavy atom. The Labute approximate surface area is 100 Å². The molecule has 0 unspecified atom stereocenters. The molecule has 0 saturated heterocycles. The molecule has 90 valence electrons. The first-order valence-corrected chi connectivity index (χ1v) is 5.48. The fraction of sp³-hybridized carbons (Fsp3) is 0.545. The molecule has 0 heterocycles. The van der Waals surface area contributed by atoms with Gasteiger partial charge in [0.25, 0.3) is 0 Å². The molecule has 0 radical (unpaired) electrons. The van der Waals surface area contributed by atoms with E-state index in [2.05, 4.69) is 0 Å². The summed E-state index contributed by atoms with van der Waals surface area (Å²) in [5.74, 6) is 0. The van der Waals surface area contributed by atoms with E-state index in [0.717, 1.165) is 23.4 Å². The van der Waals surface area contributed by atoms with E-state index in [9.17, 15) is 4.79 Å². The highest BCUT2D eigenvalue weighted by molar-refractivity contribution is 6.30. The molecule has 2 N–H and O–H groups in total. The first-order valence-electron chi connectivity index (χ1n) is 5.10. The average molecular weight is 246 g/mol. The maximum Gasteiger partial charge on any atom is 0.404 e. The summed E-state index contributed by atoms with van der Waals surface area (Å²) in [6.45, 7) is 1.72. The highest BCUT2D eigenvalue weighted by Crippen LogP contribution is 2.27. The van der Waals surface area contributed by atoms with Crippen LogP contribution in [0, 0.1) is 0 Å². The lowest BCUT2D eigenvalue weighted by molar-refractivity contribution is 0.0104. The van der Waals surface area contributed by atoms with Crippen molar-refractivity contribution in [1.82, 2.24) is 0 Å². The topological polar surface area (TPSA) is 61.6 Å². The summed E-state index contributed by atoms with van der Waals surface area (Å²) in [5.41, 5.74) is 5.82. The highest BCUT2D eigenvalue weighted by atomic mass is 35.5. The van der Waals surface area contributed by atoms with Crippen LogP contribution in [0.25, 0.3) is 0 Å². The standard InChI is InChI=1S/C11H16ClNO3/c1-7(16-11(13)14)10(15-2)8-5-3-4-6-9(8)12/h3,5,7,10H,4,6H2,1-2H3,(H2,13,14)/t7-,10-/m1/s1. The second-order valence-corrected chi connectivity index (χ2v) is 4.06. The van der Waals surface area contributed by atoms with Crippen LogP contribution in [0.3, 0.4) is 0 Å². The Bertz CT molecular complexity index is 325. The normalized spacial score (nSPS) is 19.4. The third kappa shape index (κ3) is 3.25. The molecule has 0 aliphatic heterocycles. The molecule has 0 fully saturated rings. The number of nitrogens with two attached hydrogens (primary N) is 1. The number of methoxy groups -OCH3 is 1. The molecular formula is C11H16ClNO3. The number of halogens is 1. The third-order valence-corrected chi connectivity index (χ3v) is 2.84. The second-order valence-electron chi connectivity index (χ2n) is 3.60. The average Bonchev–Trinajstić information content (AvgIpc) is 2.20. The van der Waals surface area contributed by atoms with Gasteiger partial charge in [-0.3, -0.25) is 0 Å². The molecular weight excluding hydrogens is 230 g/mol. The molecule has 16 heavy (non-hydrogen) atoms. The predicted octanol–water partition coefficient (Wildman–Crippen LogP) is 2.33. The van der Waals surface area contributed by atoms with Crippen molar-refractivity contribution in [2.24, 2.45) is 5.73 Å². The lowest BCUT2D eigenvalue weighted by Crippen LogP contribution is -2.34. The highest BCUT2D eigenvalue weighted by Gasteiger charge is 2.25. The largest absolute Gasteiger partial charge is 0.444 e. The predicted molar refractivity (Wildman–Crippen MR) is 62.2 cm³/mol. The molecule has 5 heteroatoms. The van der Waals surface area contributed by atoms with Gasteiger partial charge >= 0.3 is 6.09 Å². The molecule has 2 atom stereocenters. The van der Waals surface area contributed by atoms with Gasteiger partial charge in [0.15, 0.2) is 0 Å². The Morgan fingerprint density at radius 1 is 1.62 bits per heavy atom. The lowest BCUT2D eigenvalue weighted by atomic mass is 9.98. The van der Waals surface area contributed by atoms with Crippen LogP contribution in [-0.2, 0) is 9.47 Å². The minimum Gasteiger partial charge on any atom is -0.444 e. The minimum atomic E-state index is -0.814. The van der Waals surface area contributed by atoms with Crippen molar-refractivity contribution in [2.45, 2.75) is 32.0 Å². The summed E-state index contributed by atoms with van der Waals surface area (Å²) in [7, 11) is 1.55. The van der Waals surface area contributed by atoms with Crippen LogP contribution in [0.15, 0.2) is 22.8 Å². The summed E-state index contributed by atoms with van der Waals surface area (Å²) >= 11 is 6.11. The molecule has 1 aliphatic rings. The van der Waals surface area contributed by atoms with Gasteiger partial charge < -0.3 is 15.2 Å². The number of carbonyl (C=O) groups excluding carboxylic acids is 1. The van der Waals surface area contributed by atoms with Crippen LogP contribution in [0.4, 0.5) is 4.79 Å². The van der Waals surface area contributed by atoms with Crippen LogP contribution in [0.5, 0.6) is 0 Å². The van der Waals surface area contributed by atoms with Crippen molar-refractivity contribution >= 4 is 17.7 Å². The van der Waals surface area contributed by atoms with Gasteiger partial charge in [0.05, 0.1) is 0 Å². The van der Waals surface area contributed by atoms with Crippen molar-refractivity contribution in [2.75, 3.05) is 7.11 Å². The molecule has 1 aliphatic carbocycles. The van der Waals surface area contributed by atoms with E-state index in [4.69, 9.17) is 26.8 Å². The van der Waals surface area contributed by atoms with Crippen molar-refractivity contribution in [1.29, 1.82) is 0 Å². The summed E-state index contributed by atoms with van der Waals surface area (Å²) in [4.78, 5) is 10.7. The van der Waals surface area contributed by atoms with Gasteiger partial charge in [-0.1, -0.05) is 23.8 Å². The summed E-state index contributed by atoms with van der Waals surface area (Å²) < 4.78 is 10.2. The number of rotatable bonds is 4. The molecule has 1 rings (SSSR count). The van der Waals surface area contributed by atoms with E-state index >= 15 is 0 Å². The number of ether oxygens (including phenoxy) is 2. The van der Waals surface area contributed by atoms with Crippen LogP contribution in [0.2, 0.25) is 0 Å². The zero-order valence-electron chi connectivity index (χ0n) is 9.40. The van der Waals surface area contributed by atoms with Crippen molar-refractivity contribution < 1.29 is 14.3 Å². The fourth-order valence-corrected chi connectivity index (χ4v) is 2.00. The Balaban J connectivity index is 2.81. The zero-order chi connectivity index (χ0) is 12.1. The first-order chi connectivity index (χ1) is 7.56. The van der Waals surface area contributed by atoms with Gasteiger partial charge in [-0.2, -0.15) is 0 Å². The number of carbonyl (C=O) groups is 1. The van der Waals surface area contributed by atoms with E-state index in [-0.39, 0.29) is 6.10 Å². The smallest absolute Gasteiger partial charge is 0.404 e. The number of primary amides is 1. The van der Waals surface area contributed by atoms with Crippen molar-refractivity contribution in [3.8, 4) is 0 Å². The monoisotopic (exact) mass is 245 g/mol. The third-order valence-electron chi connectivity index (χ3n) is 2.43. The van der Waals surface area contributed by atoms with Crippen LogP contribution in [-0.4, -0.2) is 25.4 Å². The van der Waals surface area contributed by atoms with E-state index in [0.29, 0.717) is 0 Å². The number of hydrogen-bond acceptors (Lipinski definition) is 3. The molecule has 0 aromatic rings. The van der Waals surface area contributed by atoms with Gasteiger partial charge in [-0.25, -0.2) is 4.79 Å². The van der Waals surface area contributed by atoms with Gasteiger partial charge in [0.1, 0.15) is 12.2 Å². The maximum absolute atomic E-state index is 10.7. The molecule has 0 spiro atoms. The SMILES string of the molecule is CO[C@@H](C1=C(Cl)CCC=C1)[C@@H](C)OC(N)=O.